The smallest absolute Gasteiger partial charge is 0.274 e. The standard InChI is InChI=1S/C18H20N2O3/c21-17(8-4-7-14-5-2-1-3-6-14)19-13-15-9-11-16(12-10-15)18(22)20-23/h1-3,5-6,9-12,23H,4,7-8,13H2,(H,19,21)(H,20,22). The van der Waals surface area contributed by atoms with Gasteiger partial charge in [-0.1, -0.05) is 42.5 Å². The van der Waals surface area contributed by atoms with Gasteiger partial charge in [-0.3, -0.25) is 14.8 Å². The van der Waals surface area contributed by atoms with E-state index >= 15 is 0 Å². The Hall–Kier alpha value is -2.66. The fraction of sp³-hybridized carbons (Fsp3) is 0.222. The summed E-state index contributed by atoms with van der Waals surface area (Å²) in [4.78, 5) is 23.0. The molecule has 0 atom stereocenters. The van der Waals surface area contributed by atoms with Gasteiger partial charge in [-0.05, 0) is 36.1 Å². The maximum absolute atomic E-state index is 11.8. The zero-order valence-electron chi connectivity index (χ0n) is 12.8. The van der Waals surface area contributed by atoms with Crippen LogP contribution in [0.5, 0.6) is 0 Å². The van der Waals surface area contributed by atoms with Gasteiger partial charge in [-0.25, -0.2) is 5.48 Å². The summed E-state index contributed by atoms with van der Waals surface area (Å²) < 4.78 is 0. The lowest BCUT2D eigenvalue weighted by Gasteiger charge is -2.06. The van der Waals surface area contributed by atoms with E-state index < -0.39 is 5.91 Å². The Balaban J connectivity index is 1.70. The summed E-state index contributed by atoms with van der Waals surface area (Å²) in [5, 5.41) is 11.4. The molecule has 120 valence electrons. The fourth-order valence-electron chi connectivity index (χ4n) is 2.23. The Kier molecular flexibility index (Phi) is 6.32. The number of carbonyl (C=O) groups excluding carboxylic acids is 2. The molecule has 0 fully saturated rings. The van der Waals surface area contributed by atoms with Crippen molar-refractivity contribution < 1.29 is 14.8 Å². The van der Waals surface area contributed by atoms with Crippen molar-refractivity contribution in [2.45, 2.75) is 25.8 Å². The second-order valence-electron chi connectivity index (χ2n) is 5.25. The third-order valence-electron chi connectivity index (χ3n) is 3.52. The molecule has 0 aliphatic rings. The van der Waals surface area contributed by atoms with Gasteiger partial charge < -0.3 is 5.32 Å². The number of rotatable bonds is 7. The van der Waals surface area contributed by atoms with Crippen molar-refractivity contribution in [3.8, 4) is 0 Å². The van der Waals surface area contributed by atoms with Gasteiger partial charge in [-0.2, -0.15) is 0 Å². The monoisotopic (exact) mass is 312 g/mol. The molecule has 0 unspecified atom stereocenters. The molecular weight excluding hydrogens is 292 g/mol. The molecule has 0 heterocycles. The number of hydrogen-bond acceptors (Lipinski definition) is 3. The van der Waals surface area contributed by atoms with E-state index in [-0.39, 0.29) is 5.91 Å². The minimum absolute atomic E-state index is 0.0121. The van der Waals surface area contributed by atoms with Crippen LogP contribution < -0.4 is 10.8 Å². The molecular formula is C18H20N2O3. The number of nitrogens with one attached hydrogen (secondary N) is 2. The number of hydrogen-bond donors (Lipinski definition) is 3. The van der Waals surface area contributed by atoms with E-state index in [2.05, 4.69) is 17.4 Å². The Morgan fingerprint density at radius 1 is 0.913 bits per heavy atom. The third-order valence-corrected chi connectivity index (χ3v) is 3.52. The first kappa shape index (κ1) is 16.7. The van der Waals surface area contributed by atoms with Gasteiger partial charge in [0.25, 0.3) is 5.91 Å². The van der Waals surface area contributed by atoms with Crippen LogP contribution in [0, 0.1) is 0 Å². The molecule has 5 heteroatoms. The maximum atomic E-state index is 11.8. The van der Waals surface area contributed by atoms with Crippen molar-refractivity contribution in [1.29, 1.82) is 0 Å². The molecule has 0 saturated carbocycles. The number of amides is 2. The Bertz CT molecular complexity index is 639. The highest BCUT2D eigenvalue weighted by atomic mass is 16.5. The minimum atomic E-state index is -0.554. The second kappa shape index (κ2) is 8.70. The molecule has 23 heavy (non-hydrogen) atoms. The van der Waals surface area contributed by atoms with E-state index in [1.165, 1.54) is 5.56 Å². The van der Waals surface area contributed by atoms with Crippen LogP contribution in [0.4, 0.5) is 0 Å². The molecule has 2 amide bonds. The van der Waals surface area contributed by atoms with Crippen molar-refractivity contribution >= 4 is 11.8 Å². The summed E-state index contributed by atoms with van der Waals surface area (Å²) >= 11 is 0. The molecule has 0 aliphatic carbocycles. The molecule has 0 saturated heterocycles. The third kappa shape index (κ3) is 5.56. The highest BCUT2D eigenvalue weighted by Gasteiger charge is 2.05. The first-order valence-corrected chi connectivity index (χ1v) is 7.53. The largest absolute Gasteiger partial charge is 0.352 e. The zero-order chi connectivity index (χ0) is 16.5. The lowest BCUT2D eigenvalue weighted by Crippen LogP contribution is -2.22. The van der Waals surface area contributed by atoms with Crippen LogP contribution in [0.2, 0.25) is 0 Å². The Morgan fingerprint density at radius 3 is 2.26 bits per heavy atom. The van der Waals surface area contributed by atoms with Crippen molar-refractivity contribution in [2.75, 3.05) is 0 Å². The highest BCUT2D eigenvalue weighted by Crippen LogP contribution is 2.06. The lowest BCUT2D eigenvalue weighted by molar-refractivity contribution is -0.121. The summed E-state index contributed by atoms with van der Waals surface area (Å²) in [5.41, 5.74) is 4.08. The number of carbonyl (C=O) groups is 2. The molecule has 2 aromatic carbocycles. The van der Waals surface area contributed by atoms with Gasteiger partial charge >= 0.3 is 0 Å². The molecule has 5 nitrogen and oxygen atoms in total. The number of hydroxylamine groups is 1. The van der Waals surface area contributed by atoms with E-state index in [0.717, 1.165) is 18.4 Å². The van der Waals surface area contributed by atoms with Crippen LogP contribution in [0.1, 0.15) is 34.3 Å². The summed E-state index contributed by atoms with van der Waals surface area (Å²) in [6, 6.07) is 16.8. The van der Waals surface area contributed by atoms with Crippen molar-refractivity contribution in [3.63, 3.8) is 0 Å². The Labute approximate surface area is 135 Å². The van der Waals surface area contributed by atoms with E-state index in [0.29, 0.717) is 18.5 Å². The van der Waals surface area contributed by atoms with Crippen LogP contribution in [0.3, 0.4) is 0 Å². The van der Waals surface area contributed by atoms with E-state index in [4.69, 9.17) is 5.21 Å². The van der Waals surface area contributed by atoms with Crippen molar-refractivity contribution in [2.24, 2.45) is 0 Å². The summed E-state index contributed by atoms with van der Waals surface area (Å²) in [6.07, 6.45) is 2.19. The average Bonchev–Trinajstić information content (AvgIpc) is 2.60. The van der Waals surface area contributed by atoms with Gasteiger partial charge in [0.1, 0.15) is 0 Å². The molecule has 0 aliphatic heterocycles. The minimum Gasteiger partial charge on any atom is -0.352 e. The van der Waals surface area contributed by atoms with Crippen LogP contribution in [0.25, 0.3) is 0 Å². The zero-order valence-corrected chi connectivity index (χ0v) is 12.8. The van der Waals surface area contributed by atoms with Gasteiger partial charge in [0.05, 0.1) is 0 Å². The molecule has 2 rings (SSSR count). The second-order valence-corrected chi connectivity index (χ2v) is 5.25. The topological polar surface area (TPSA) is 78.4 Å². The number of benzene rings is 2. The van der Waals surface area contributed by atoms with Crippen LogP contribution in [-0.2, 0) is 17.8 Å². The molecule has 0 bridgehead atoms. The van der Waals surface area contributed by atoms with Crippen LogP contribution in [-0.4, -0.2) is 17.0 Å². The molecule has 0 aromatic heterocycles. The van der Waals surface area contributed by atoms with Crippen LogP contribution >= 0.6 is 0 Å². The first-order valence-electron chi connectivity index (χ1n) is 7.53. The van der Waals surface area contributed by atoms with E-state index in [9.17, 15) is 9.59 Å². The quantitative estimate of drug-likeness (QED) is 0.543. The molecule has 3 N–H and O–H groups in total. The van der Waals surface area contributed by atoms with Crippen LogP contribution in [0.15, 0.2) is 54.6 Å². The van der Waals surface area contributed by atoms with E-state index in [1.54, 1.807) is 29.7 Å². The predicted octanol–water partition coefficient (Wildman–Crippen LogP) is 2.44. The van der Waals surface area contributed by atoms with Crippen molar-refractivity contribution in [3.05, 3.63) is 71.3 Å². The molecule has 0 radical (unpaired) electrons. The highest BCUT2D eigenvalue weighted by molar-refractivity contribution is 5.93. The maximum Gasteiger partial charge on any atom is 0.274 e. The summed E-state index contributed by atoms with van der Waals surface area (Å²) in [5.74, 6) is -0.542. The number of aryl methyl sites for hydroxylation is 1. The lowest BCUT2D eigenvalue weighted by atomic mass is 10.1. The van der Waals surface area contributed by atoms with Gasteiger partial charge in [-0.15, -0.1) is 0 Å². The molecule has 0 spiro atoms. The average molecular weight is 312 g/mol. The summed E-state index contributed by atoms with van der Waals surface area (Å²) in [7, 11) is 0. The van der Waals surface area contributed by atoms with Gasteiger partial charge in [0, 0.05) is 18.5 Å². The summed E-state index contributed by atoms with van der Waals surface area (Å²) in [6.45, 7) is 0.422. The normalized spacial score (nSPS) is 10.1. The molecule has 2 aromatic rings. The van der Waals surface area contributed by atoms with E-state index in [1.807, 2.05) is 18.2 Å². The van der Waals surface area contributed by atoms with Crippen molar-refractivity contribution in [1.82, 2.24) is 10.8 Å². The van der Waals surface area contributed by atoms with Gasteiger partial charge in [0.2, 0.25) is 5.91 Å². The predicted molar refractivity (Wildman–Crippen MR) is 86.9 cm³/mol. The fourth-order valence-corrected chi connectivity index (χ4v) is 2.23. The first-order chi connectivity index (χ1) is 11.2. The Morgan fingerprint density at radius 2 is 1.61 bits per heavy atom. The SMILES string of the molecule is O=C(CCCc1ccccc1)NCc1ccc(C(=O)NO)cc1. The van der Waals surface area contributed by atoms with Gasteiger partial charge in [0.15, 0.2) is 0 Å².